The molecular weight excluding hydrogens is 262 g/mol. The van der Waals surface area contributed by atoms with E-state index in [1.165, 1.54) is 0 Å². The summed E-state index contributed by atoms with van der Waals surface area (Å²) in [5.41, 5.74) is 4.54. The van der Waals surface area contributed by atoms with Crippen LogP contribution in [0.3, 0.4) is 0 Å². The quantitative estimate of drug-likeness (QED) is 0.590. The second-order valence-corrected chi connectivity index (χ2v) is 4.50. The van der Waals surface area contributed by atoms with Gasteiger partial charge in [0.05, 0.1) is 11.7 Å². The number of nitrogens with zero attached hydrogens (tertiary/aromatic N) is 2. The molecule has 4 heteroatoms. The summed E-state index contributed by atoms with van der Waals surface area (Å²) in [6.07, 6.45) is 1.60. The second-order valence-electron chi connectivity index (χ2n) is 4.50. The van der Waals surface area contributed by atoms with E-state index in [1.54, 1.807) is 12.3 Å². The van der Waals surface area contributed by atoms with Crippen LogP contribution in [0.4, 0.5) is 0 Å². The monoisotopic (exact) mass is 275 g/mol. The SMILES string of the molecule is O=C(NN=Cc1ccccc1)c1ccc2ccccc2n1. The van der Waals surface area contributed by atoms with Gasteiger partial charge in [-0.15, -0.1) is 0 Å². The van der Waals surface area contributed by atoms with E-state index in [2.05, 4.69) is 15.5 Å². The Bertz CT molecular complexity index is 797. The maximum absolute atomic E-state index is 12.0. The minimum Gasteiger partial charge on any atom is -0.266 e. The fraction of sp³-hybridized carbons (Fsp3) is 0. The van der Waals surface area contributed by atoms with Crippen molar-refractivity contribution in [2.75, 3.05) is 0 Å². The molecule has 0 radical (unpaired) electrons. The Hall–Kier alpha value is -3.01. The summed E-state index contributed by atoms with van der Waals surface area (Å²) < 4.78 is 0. The van der Waals surface area contributed by atoms with Crippen molar-refractivity contribution in [3.05, 3.63) is 78.0 Å². The number of pyridine rings is 1. The van der Waals surface area contributed by atoms with Crippen LogP contribution in [0.2, 0.25) is 0 Å². The highest BCUT2D eigenvalue weighted by molar-refractivity contribution is 5.95. The van der Waals surface area contributed by atoms with Gasteiger partial charge in [0.2, 0.25) is 0 Å². The predicted molar refractivity (Wildman–Crippen MR) is 83.2 cm³/mol. The van der Waals surface area contributed by atoms with Crippen molar-refractivity contribution in [2.24, 2.45) is 5.10 Å². The van der Waals surface area contributed by atoms with E-state index in [0.717, 1.165) is 16.5 Å². The lowest BCUT2D eigenvalue weighted by atomic mass is 10.2. The average Bonchev–Trinajstić information content (AvgIpc) is 2.55. The fourth-order valence-corrected chi connectivity index (χ4v) is 1.95. The first-order valence-corrected chi connectivity index (χ1v) is 6.57. The molecule has 1 heterocycles. The fourth-order valence-electron chi connectivity index (χ4n) is 1.95. The molecule has 1 amide bonds. The van der Waals surface area contributed by atoms with Crippen LogP contribution in [-0.4, -0.2) is 17.1 Å². The lowest BCUT2D eigenvalue weighted by Gasteiger charge is -2.01. The number of hydrazone groups is 1. The number of carbonyl (C=O) groups excluding carboxylic acids is 1. The molecule has 21 heavy (non-hydrogen) atoms. The van der Waals surface area contributed by atoms with Crippen LogP contribution in [-0.2, 0) is 0 Å². The molecule has 0 bridgehead atoms. The van der Waals surface area contributed by atoms with Crippen molar-refractivity contribution in [3.8, 4) is 0 Å². The third-order valence-electron chi connectivity index (χ3n) is 3.01. The van der Waals surface area contributed by atoms with Gasteiger partial charge in [0.1, 0.15) is 5.69 Å². The number of para-hydroxylation sites is 1. The summed E-state index contributed by atoms with van der Waals surface area (Å²) >= 11 is 0. The summed E-state index contributed by atoms with van der Waals surface area (Å²) in [6.45, 7) is 0. The van der Waals surface area contributed by atoms with E-state index in [9.17, 15) is 4.79 Å². The van der Waals surface area contributed by atoms with Crippen LogP contribution in [0.5, 0.6) is 0 Å². The van der Waals surface area contributed by atoms with Gasteiger partial charge in [0.15, 0.2) is 0 Å². The van der Waals surface area contributed by atoms with E-state index in [0.29, 0.717) is 5.69 Å². The Labute approximate surface area is 122 Å². The van der Waals surface area contributed by atoms with E-state index in [-0.39, 0.29) is 5.91 Å². The minimum atomic E-state index is -0.326. The third-order valence-corrected chi connectivity index (χ3v) is 3.01. The minimum absolute atomic E-state index is 0.326. The third kappa shape index (κ3) is 3.12. The Kier molecular flexibility index (Phi) is 3.69. The number of hydrogen-bond acceptors (Lipinski definition) is 3. The predicted octanol–water partition coefficient (Wildman–Crippen LogP) is 3.00. The number of aromatic nitrogens is 1. The van der Waals surface area contributed by atoms with Gasteiger partial charge in [-0.1, -0.05) is 54.6 Å². The van der Waals surface area contributed by atoms with Gasteiger partial charge in [-0.3, -0.25) is 4.79 Å². The molecule has 0 atom stereocenters. The molecule has 3 rings (SSSR count). The zero-order valence-corrected chi connectivity index (χ0v) is 11.2. The molecule has 0 aliphatic rings. The van der Waals surface area contributed by atoms with E-state index >= 15 is 0 Å². The molecule has 0 saturated carbocycles. The lowest BCUT2D eigenvalue weighted by Crippen LogP contribution is -2.18. The first kappa shape index (κ1) is 13.0. The number of nitrogens with one attached hydrogen (secondary N) is 1. The average molecular weight is 275 g/mol. The highest BCUT2D eigenvalue weighted by Crippen LogP contribution is 2.11. The Morgan fingerprint density at radius 1 is 0.952 bits per heavy atom. The lowest BCUT2D eigenvalue weighted by molar-refractivity contribution is 0.0950. The molecule has 1 N–H and O–H groups in total. The standard InChI is InChI=1S/C17H13N3O/c21-17(20-18-12-13-6-2-1-3-7-13)16-11-10-14-8-4-5-9-15(14)19-16/h1-12H,(H,20,21). The molecule has 4 nitrogen and oxygen atoms in total. The molecule has 3 aromatic rings. The maximum Gasteiger partial charge on any atom is 0.289 e. The molecule has 0 aliphatic heterocycles. The van der Waals surface area contributed by atoms with E-state index in [4.69, 9.17) is 0 Å². The normalized spacial score (nSPS) is 10.9. The zero-order valence-electron chi connectivity index (χ0n) is 11.2. The van der Waals surface area contributed by atoms with Gasteiger partial charge in [-0.05, 0) is 17.7 Å². The van der Waals surface area contributed by atoms with Gasteiger partial charge in [-0.25, -0.2) is 10.4 Å². The van der Waals surface area contributed by atoms with Crippen molar-refractivity contribution < 1.29 is 4.79 Å². The van der Waals surface area contributed by atoms with Gasteiger partial charge >= 0.3 is 0 Å². The zero-order chi connectivity index (χ0) is 14.5. The Morgan fingerprint density at radius 2 is 1.71 bits per heavy atom. The van der Waals surface area contributed by atoms with Crippen LogP contribution in [0.15, 0.2) is 71.8 Å². The smallest absolute Gasteiger partial charge is 0.266 e. The van der Waals surface area contributed by atoms with Crippen LogP contribution in [0.25, 0.3) is 10.9 Å². The molecule has 0 saturated heterocycles. The first-order chi connectivity index (χ1) is 10.3. The number of hydrogen-bond donors (Lipinski definition) is 1. The van der Waals surface area contributed by atoms with Crippen molar-refractivity contribution in [1.29, 1.82) is 0 Å². The Balaban J connectivity index is 1.73. The number of benzene rings is 2. The second kappa shape index (κ2) is 5.96. The van der Waals surface area contributed by atoms with E-state index < -0.39 is 0 Å². The summed E-state index contributed by atoms with van der Waals surface area (Å²) in [4.78, 5) is 16.3. The van der Waals surface area contributed by atoms with Gasteiger partial charge in [0, 0.05) is 5.39 Å². The molecule has 2 aromatic carbocycles. The summed E-state index contributed by atoms with van der Waals surface area (Å²) in [6, 6.07) is 20.8. The highest BCUT2D eigenvalue weighted by Gasteiger charge is 2.06. The van der Waals surface area contributed by atoms with Gasteiger partial charge in [-0.2, -0.15) is 5.10 Å². The van der Waals surface area contributed by atoms with Crippen molar-refractivity contribution in [3.63, 3.8) is 0 Å². The molecule has 0 aliphatic carbocycles. The van der Waals surface area contributed by atoms with Gasteiger partial charge < -0.3 is 0 Å². The van der Waals surface area contributed by atoms with E-state index in [1.807, 2.05) is 60.7 Å². The molecule has 0 unspecified atom stereocenters. The number of fused-ring (bicyclic) bond motifs is 1. The summed E-state index contributed by atoms with van der Waals surface area (Å²) in [5, 5.41) is 4.94. The van der Waals surface area contributed by atoms with Crippen molar-refractivity contribution >= 4 is 23.0 Å². The molecule has 102 valence electrons. The largest absolute Gasteiger partial charge is 0.289 e. The molecule has 0 spiro atoms. The van der Waals surface area contributed by atoms with Crippen molar-refractivity contribution in [1.82, 2.24) is 10.4 Å². The first-order valence-electron chi connectivity index (χ1n) is 6.57. The van der Waals surface area contributed by atoms with Crippen LogP contribution in [0, 0.1) is 0 Å². The maximum atomic E-state index is 12.0. The molecule has 0 fully saturated rings. The number of carbonyl (C=O) groups is 1. The van der Waals surface area contributed by atoms with Gasteiger partial charge in [0.25, 0.3) is 5.91 Å². The summed E-state index contributed by atoms with van der Waals surface area (Å²) in [5.74, 6) is -0.326. The van der Waals surface area contributed by atoms with Crippen LogP contribution < -0.4 is 5.43 Å². The van der Waals surface area contributed by atoms with Crippen molar-refractivity contribution in [2.45, 2.75) is 0 Å². The van der Waals surface area contributed by atoms with Crippen LogP contribution >= 0.6 is 0 Å². The molecule has 1 aromatic heterocycles. The Morgan fingerprint density at radius 3 is 2.57 bits per heavy atom. The highest BCUT2D eigenvalue weighted by atomic mass is 16.2. The topological polar surface area (TPSA) is 54.4 Å². The molecular formula is C17H13N3O. The number of amides is 1. The van der Waals surface area contributed by atoms with Crippen LogP contribution in [0.1, 0.15) is 16.1 Å². The number of rotatable bonds is 3. The summed E-state index contributed by atoms with van der Waals surface area (Å²) in [7, 11) is 0.